The number of likely N-dealkylation sites (tertiary alicyclic amines) is 1. The molecule has 3 heterocycles. The van der Waals surface area contributed by atoms with E-state index < -0.39 is 12.0 Å². The number of carboxylic acid groups (broad SMARTS) is 1. The van der Waals surface area contributed by atoms with Crippen LogP contribution in [0.3, 0.4) is 0 Å². The molecule has 3 rings (SSSR count). The zero-order chi connectivity index (χ0) is 17.1. The van der Waals surface area contributed by atoms with Crippen molar-refractivity contribution in [3.8, 4) is 0 Å². The normalized spacial score (nSPS) is 17.0. The first kappa shape index (κ1) is 16.6. The van der Waals surface area contributed by atoms with Gasteiger partial charge in [0, 0.05) is 11.9 Å². The van der Waals surface area contributed by atoms with Gasteiger partial charge >= 0.3 is 5.97 Å². The van der Waals surface area contributed by atoms with Gasteiger partial charge in [0.05, 0.1) is 11.4 Å². The second-order valence-corrected chi connectivity index (χ2v) is 7.17. The number of nitrogens with one attached hydrogen (secondary N) is 1. The maximum absolute atomic E-state index is 12.5. The summed E-state index contributed by atoms with van der Waals surface area (Å²) in [6.07, 6.45) is 1.41. The van der Waals surface area contributed by atoms with Crippen LogP contribution in [0.15, 0.2) is 22.9 Å². The molecule has 1 saturated heterocycles. The summed E-state index contributed by atoms with van der Waals surface area (Å²) < 4.78 is 0. The van der Waals surface area contributed by atoms with Gasteiger partial charge in [-0.05, 0) is 24.3 Å². The highest BCUT2D eigenvalue weighted by Gasteiger charge is 2.34. The number of thiophene rings is 1. The second kappa shape index (κ2) is 7.10. The van der Waals surface area contributed by atoms with Gasteiger partial charge in [-0.2, -0.15) is 0 Å². The van der Waals surface area contributed by atoms with Crippen LogP contribution in [-0.2, 0) is 11.3 Å². The molecule has 7 nitrogen and oxygen atoms in total. The molecule has 2 aromatic rings. The molecule has 24 heavy (non-hydrogen) atoms. The van der Waals surface area contributed by atoms with Crippen molar-refractivity contribution in [1.82, 2.24) is 15.2 Å². The van der Waals surface area contributed by atoms with Crippen LogP contribution in [0.5, 0.6) is 0 Å². The summed E-state index contributed by atoms with van der Waals surface area (Å²) in [5, 5.41) is 15.4. The Morgan fingerprint density at radius 3 is 2.88 bits per heavy atom. The highest BCUT2D eigenvalue weighted by molar-refractivity contribution is 7.12. The number of carbonyl (C=O) groups is 3. The Hall–Kier alpha value is -2.26. The highest BCUT2D eigenvalue weighted by atomic mass is 32.1. The quantitative estimate of drug-likeness (QED) is 0.842. The van der Waals surface area contributed by atoms with Crippen molar-refractivity contribution in [1.29, 1.82) is 0 Å². The summed E-state index contributed by atoms with van der Waals surface area (Å²) in [7, 11) is 0. The van der Waals surface area contributed by atoms with E-state index in [0.717, 1.165) is 6.42 Å². The van der Waals surface area contributed by atoms with Crippen molar-refractivity contribution in [3.63, 3.8) is 0 Å². The number of carboxylic acids is 1. The van der Waals surface area contributed by atoms with Gasteiger partial charge in [-0.3, -0.25) is 9.59 Å². The van der Waals surface area contributed by atoms with E-state index in [2.05, 4.69) is 10.3 Å². The summed E-state index contributed by atoms with van der Waals surface area (Å²) >= 11 is 2.54. The van der Waals surface area contributed by atoms with Crippen molar-refractivity contribution >= 4 is 40.5 Å². The van der Waals surface area contributed by atoms with E-state index in [-0.39, 0.29) is 24.1 Å². The number of nitrogens with zero attached hydrogens (tertiary/aromatic N) is 2. The molecule has 0 radical (unpaired) electrons. The van der Waals surface area contributed by atoms with Crippen molar-refractivity contribution in [2.75, 3.05) is 6.54 Å². The standard InChI is InChI=1S/C15H15N3O4S2/c19-13(16-7-12-17-9(8-24-12)15(21)22)10-3-1-5-18(10)14(20)11-4-2-6-23-11/h2,4,6,8,10H,1,3,5,7H2,(H,16,19)(H,21,22). The first-order valence-electron chi connectivity index (χ1n) is 7.36. The number of hydrogen-bond donors (Lipinski definition) is 2. The van der Waals surface area contributed by atoms with Crippen molar-refractivity contribution < 1.29 is 19.5 Å². The predicted octanol–water partition coefficient (Wildman–Crippen LogP) is 1.82. The van der Waals surface area contributed by atoms with Gasteiger partial charge in [-0.15, -0.1) is 22.7 Å². The largest absolute Gasteiger partial charge is 0.476 e. The number of carbonyl (C=O) groups excluding carboxylic acids is 2. The lowest BCUT2D eigenvalue weighted by Crippen LogP contribution is -2.45. The first-order valence-corrected chi connectivity index (χ1v) is 9.12. The molecule has 1 fully saturated rings. The number of thiazole rings is 1. The fraction of sp³-hybridized carbons (Fsp3) is 0.333. The van der Waals surface area contributed by atoms with E-state index in [9.17, 15) is 14.4 Å². The van der Waals surface area contributed by atoms with Crippen LogP contribution in [0.4, 0.5) is 0 Å². The molecule has 1 aliphatic rings. The van der Waals surface area contributed by atoms with Crippen LogP contribution in [0.25, 0.3) is 0 Å². The predicted molar refractivity (Wildman–Crippen MR) is 89.3 cm³/mol. The average Bonchev–Trinajstić information content (AvgIpc) is 3.33. The third-order valence-corrected chi connectivity index (χ3v) is 5.44. The maximum Gasteiger partial charge on any atom is 0.355 e. The van der Waals surface area contributed by atoms with Gasteiger partial charge in [0.2, 0.25) is 5.91 Å². The van der Waals surface area contributed by atoms with Crippen LogP contribution < -0.4 is 5.32 Å². The number of hydrogen-bond acceptors (Lipinski definition) is 6. The SMILES string of the molecule is O=C(O)c1csc(CNC(=O)C2CCCN2C(=O)c2cccs2)n1. The molecule has 126 valence electrons. The minimum absolute atomic E-state index is 0.0281. The average molecular weight is 365 g/mol. The van der Waals surface area contributed by atoms with Gasteiger partial charge in [0.25, 0.3) is 5.91 Å². The molecular weight excluding hydrogens is 350 g/mol. The maximum atomic E-state index is 12.5. The second-order valence-electron chi connectivity index (χ2n) is 5.28. The Kier molecular flexibility index (Phi) is 4.91. The Bertz CT molecular complexity index is 757. The molecule has 0 saturated carbocycles. The lowest BCUT2D eigenvalue weighted by atomic mass is 10.2. The molecule has 0 aliphatic carbocycles. The van der Waals surface area contributed by atoms with Crippen molar-refractivity contribution in [2.45, 2.75) is 25.4 Å². The van der Waals surface area contributed by atoms with E-state index in [1.807, 2.05) is 11.4 Å². The molecule has 2 amide bonds. The lowest BCUT2D eigenvalue weighted by molar-refractivity contribution is -0.125. The van der Waals surface area contributed by atoms with E-state index >= 15 is 0 Å². The van der Waals surface area contributed by atoms with E-state index in [1.165, 1.54) is 28.1 Å². The molecule has 0 bridgehead atoms. The summed E-state index contributed by atoms with van der Waals surface area (Å²) in [5.74, 6) is -1.44. The third-order valence-electron chi connectivity index (χ3n) is 3.73. The number of amides is 2. The fourth-order valence-electron chi connectivity index (χ4n) is 2.60. The summed E-state index contributed by atoms with van der Waals surface area (Å²) in [6, 6.07) is 3.08. The summed E-state index contributed by atoms with van der Waals surface area (Å²) in [6.45, 7) is 0.726. The molecule has 1 unspecified atom stereocenters. The van der Waals surface area contributed by atoms with Crippen LogP contribution >= 0.6 is 22.7 Å². The van der Waals surface area contributed by atoms with Crippen molar-refractivity contribution in [2.24, 2.45) is 0 Å². The molecule has 0 spiro atoms. The molecule has 9 heteroatoms. The number of aromatic nitrogens is 1. The van der Waals surface area contributed by atoms with Gasteiger partial charge in [0.15, 0.2) is 5.69 Å². The number of rotatable bonds is 5. The van der Waals surface area contributed by atoms with E-state index in [0.29, 0.717) is 22.9 Å². The first-order chi connectivity index (χ1) is 11.6. The summed E-state index contributed by atoms with van der Waals surface area (Å²) in [4.78, 5) is 41.8. The minimum atomic E-state index is -1.09. The zero-order valence-corrected chi connectivity index (χ0v) is 14.2. The zero-order valence-electron chi connectivity index (χ0n) is 12.6. The molecule has 2 N–H and O–H groups in total. The topological polar surface area (TPSA) is 99.6 Å². The Morgan fingerprint density at radius 1 is 1.38 bits per heavy atom. The van der Waals surface area contributed by atoms with E-state index in [1.54, 1.807) is 11.0 Å². The highest BCUT2D eigenvalue weighted by Crippen LogP contribution is 2.22. The van der Waals surface area contributed by atoms with Crippen LogP contribution in [0, 0.1) is 0 Å². The summed E-state index contributed by atoms with van der Waals surface area (Å²) in [5.41, 5.74) is -0.0281. The van der Waals surface area contributed by atoms with Crippen molar-refractivity contribution in [3.05, 3.63) is 38.5 Å². The molecule has 2 aromatic heterocycles. The molecule has 1 atom stereocenters. The third kappa shape index (κ3) is 3.46. The van der Waals surface area contributed by atoms with Gasteiger partial charge in [0.1, 0.15) is 11.0 Å². The molecular formula is C15H15N3O4S2. The van der Waals surface area contributed by atoms with Gasteiger partial charge in [-0.1, -0.05) is 6.07 Å². The van der Waals surface area contributed by atoms with E-state index in [4.69, 9.17) is 5.11 Å². The molecule has 1 aliphatic heterocycles. The van der Waals surface area contributed by atoms with Crippen LogP contribution in [0.1, 0.15) is 38.0 Å². The Balaban J connectivity index is 1.61. The van der Waals surface area contributed by atoms with Crippen LogP contribution in [0.2, 0.25) is 0 Å². The Labute approximate surface area is 145 Å². The fourth-order valence-corrected chi connectivity index (χ4v) is 3.98. The van der Waals surface area contributed by atoms with Gasteiger partial charge < -0.3 is 15.3 Å². The van der Waals surface area contributed by atoms with Gasteiger partial charge in [-0.25, -0.2) is 9.78 Å². The lowest BCUT2D eigenvalue weighted by Gasteiger charge is -2.23. The Morgan fingerprint density at radius 2 is 2.21 bits per heavy atom. The number of aromatic carboxylic acids is 1. The smallest absolute Gasteiger partial charge is 0.355 e. The van der Waals surface area contributed by atoms with Crippen LogP contribution in [-0.4, -0.2) is 45.4 Å². The minimum Gasteiger partial charge on any atom is -0.476 e. The monoisotopic (exact) mass is 365 g/mol. The molecule has 0 aromatic carbocycles.